The minimum Gasteiger partial charge on any atom is -0.198 e. The molecule has 1 heteroatoms. The largest absolute Gasteiger partial charge is 0.198 e. The van der Waals surface area contributed by atoms with E-state index in [9.17, 15) is 0 Å². The summed E-state index contributed by atoms with van der Waals surface area (Å²) in [5, 5.41) is 8.80. The molecule has 0 spiro atoms. The Morgan fingerprint density at radius 1 is 1.00 bits per heavy atom. The fourth-order valence-electron chi connectivity index (χ4n) is 1.36. The predicted octanol–water partition coefficient (Wildman–Crippen LogP) is 3.90. The van der Waals surface area contributed by atoms with Gasteiger partial charge in [-0.1, -0.05) is 46.0 Å². The zero-order valence-electron chi connectivity index (χ0n) is 8.47. The Labute approximate surface area is 76.8 Å². The third kappa shape index (κ3) is 6.22. The average molecular weight is 167 g/mol. The van der Waals surface area contributed by atoms with Gasteiger partial charge in [0.25, 0.3) is 0 Å². The number of unbranched alkanes of at least 4 members (excludes halogenated alkanes) is 3. The van der Waals surface area contributed by atoms with Gasteiger partial charge in [0.1, 0.15) is 0 Å². The van der Waals surface area contributed by atoms with Crippen LogP contribution in [-0.2, 0) is 0 Å². The number of hydrogen-bond donors (Lipinski definition) is 0. The van der Waals surface area contributed by atoms with Crippen LogP contribution in [0.3, 0.4) is 0 Å². The monoisotopic (exact) mass is 167 g/mol. The molecular weight excluding hydrogens is 146 g/mol. The summed E-state index contributed by atoms with van der Waals surface area (Å²) in [7, 11) is 0. The smallest absolute Gasteiger partial charge is 0.0655 e. The molecule has 12 heavy (non-hydrogen) atoms. The van der Waals surface area contributed by atoms with Crippen LogP contribution in [0.4, 0.5) is 0 Å². The minimum atomic E-state index is 0.330. The zero-order chi connectivity index (χ0) is 9.23. The van der Waals surface area contributed by atoms with E-state index in [1.807, 2.05) is 0 Å². The third-order valence-electron chi connectivity index (χ3n) is 2.24. The van der Waals surface area contributed by atoms with Gasteiger partial charge in [-0.15, -0.1) is 0 Å². The minimum absolute atomic E-state index is 0.330. The molecular formula is C11H21N. The molecule has 0 aliphatic heterocycles. The predicted molar refractivity (Wildman–Crippen MR) is 52.8 cm³/mol. The summed E-state index contributed by atoms with van der Waals surface area (Å²) in [6.07, 6.45) is 8.42. The van der Waals surface area contributed by atoms with Gasteiger partial charge in [-0.3, -0.25) is 0 Å². The van der Waals surface area contributed by atoms with E-state index in [1.54, 1.807) is 0 Å². The lowest BCUT2D eigenvalue weighted by atomic mass is 9.97. The Kier molecular flexibility index (Phi) is 8.22. The highest BCUT2D eigenvalue weighted by molar-refractivity contribution is 4.81. The highest BCUT2D eigenvalue weighted by Crippen LogP contribution is 2.15. The molecule has 0 aliphatic rings. The Morgan fingerprint density at radius 2 is 1.58 bits per heavy atom. The van der Waals surface area contributed by atoms with Crippen molar-refractivity contribution in [2.45, 2.75) is 58.8 Å². The molecule has 1 unspecified atom stereocenters. The topological polar surface area (TPSA) is 23.8 Å². The maximum absolute atomic E-state index is 8.80. The van der Waals surface area contributed by atoms with E-state index >= 15 is 0 Å². The second-order valence-electron chi connectivity index (χ2n) is 3.46. The Morgan fingerprint density at radius 3 is 2.08 bits per heavy atom. The van der Waals surface area contributed by atoms with Crippen molar-refractivity contribution in [3.8, 4) is 6.07 Å². The SMILES string of the molecule is CCCCCC(C#N)CCCC. The number of nitrogens with zero attached hydrogens (tertiary/aromatic N) is 1. The van der Waals surface area contributed by atoms with Gasteiger partial charge < -0.3 is 0 Å². The molecule has 0 rings (SSSR count). The van der Waals surface area contributed by atoms with Crippen molar-refractivity contribution in [1.82, 2.24) is 0 Å². The molecule has 0 bridgehead atoms. The second kappa shape index (κ2) is 8.59. The number of nitriles is 1. The third-order valence-corrected chi connectivity index (χ3v) is 2.24. The van der Waals surface area contributed by atoms with E-state index in [2.05, 4.69) is 19.9 Å². The number of hydrogen-bond acceptors (Lipinski definition) is 1. The Bertz CT molecular complexity index is 123. The summed E-state index contributed by atoms with van der Waals surface area (Å²) in [4.78, 5) is 0. The first-order valence-corrected chi connectivity index (χ1v) is 5.24. The van der Waals surface area contributed by atoms with Crippen LogP contribution < -0.4 is 0 Å². The Hall–Kier alpha value is -0.510. The Balaban J connectivity index is 3.35. The van der Waals surface area contributed by atoms with Crippen LogP contribution in [0, 0.1) is 17.2 Å². The van der Waals surface area contributed by atoms with Crippen LogP contribution in [0.15, 0.2) is 0 Å². The maximum atomic E-state index is 8.80. The van der Waals surface area contributed by atoms with Crippen molar-refractivity contribution < 1.29 is 0 Å². The summed E-state index contributed by atoms with van der Waals surface area (Å²) in [5.74, 6) is 0.330. The van der Waals surface area contributed by atoms with E-state index in [0.717, 1.165) is 12.8 Å². The van der Waals surface area contributed by atoms with Gasteiger partial charge in [0.15, 0.2) is 0 Å². The van der Waals surface area contributed by atoms with E-state index in [-0.39, 0.29) is 0 Å². The average Bonchev–Trinajstić information content (AvgIpc) is 2.11. The van der Waals surface area contributed by atoms with Crippen molar-refractivity contribution in [2.24, 2.45) is 5.92 Å². The first-order chi connectivity index (χ1) is 5.85. The molecule has 1 atom stereocenters. The van der Waals surface area contributed by atoms with Crippen molar-refractivity contribution >= 4 is 0 Å². The fourth-order valence-corrected chi connectivity index (χ4v) is 1.36. The fraction of sp³-hybridized carbons (Fsp3) is 0.909. The molecule has 0 aromatic carbocycles. The van der Waals surface area contributed by atoms with Gasteiger partial charge in [-0.25, -0.2) is 0 Å². The molecule has 0 radical (unpaired) electrons. The van der Waals surface area contributed by atoms with Crippen molar-refractivity contribution in [3.05, 3.63) is 0 Å². The van der Waals surface area contributed by atoms with E-state index < -0.39 is 0 Å². The summed E-state index contributed by atoms with van der Waals surface area (Å²) in [6.45, 7) is 4.38. The molecule has 0 saturated heterocycles. The molecule has 70 valence electrons. The molecule has 0 heterocycles. The molecule has 0 amide bonds. The van der Waals surface area contributed by atoms with Gasteiger partial charge in [0.2, 0.25) is 0 Å². The van der Waals surface area contributed by atoms with Crippen molar-refractivity contribution in [3.63, 3.8) is 0 Å². The maximum Gasteiger partial charge on any atom is 0.0655 e. The first-order valence-electron chi connectivity index (χ1n) is 5.24. The molecule has 0 fully saturated rings. The van der Waals surface area contributed by atoms with Gasteiger partial charge in [0.05, 0.1) is 6.07 Å². The molecule has 0 aliphatic carbocycles. The standard InChI is InChI=1S/C11H21N/c1-3-5-7-9-11(10-12)8-6-4-2/h11H,3-9H2,1-2H3. The van der Waals surface area contributed by atoms with Gasteiger partial charge >= 0.3 is 0 Å². The van der Waals surface area contributed by atoms with Crippen LogP contribution in [-0.4, -0.2) is 0 Å². The van der Waals surface area contributed by atoms with Gasteiger partial charge in [-0.2, -0.15) is 5.26 Å². The molecule has 0 aromatic rings. The lowest BCUT2D eigenvalue weighted by Crippen LogP contribution is -1.96. The normalized spacial score (nSPS) is 12.4. The van der Waals surface area contributed by atoms with E-state index in [0.29, 0.717) is 5.92 Å². The van der Waals surface area contributed by atoms with Crippen LogP contribution in [0.25, 0.3) is 0 Å². The quantitative estimate of drug-likeness (QED) is 0.527. The van der Waals surface area contributed by atoms with E-state index in [1.165, 1.54) is 32.1 Å². The van der Waals surface area contributed by atoms with Crippen LogP contribution >= 0.6 is 0 Å². The summed E-state index contributed by atoms with van der Waals surface area (Å²) in [6, 6.07) is 2.40. The number of rotatable bonds is 7. The summed E-state index contributed by atoms with van der Waals surface area (Å²) < 4.78 is 0. The van der Waals surface area contributed by atoms with Crippen molar-refractivity contribution in [1.29, 1.82) is 5.26 Å². The molecule has 0 N–H and O–H groups in total. The van der Waals surface area contributed by atoms with Crippen LogP contribution in [0.1, 0.15) is 58.8 Å². The van der Waals surface area contributed by atoms with Crippen LogP contribution in [0.5, 0.6) is 0 Å². The second-order valence-corrected chi connectivity index (χ2v) is 3.46. The lowest BCUT2D eigenvalue weighted by molar-refractivity contribution is 0.498. The highest BCUT2D eigenvalue weighted by Gasteiger charge is 2.05. The molecule has 0 aromatic heterocycles. The summed E-state index contributed by atoms with van der Waals surface area (Å²) in [5.41, 5.74) is 0. The lowest BCUT2D eigenvalue weighted by Gasteiger charge is -2.06. The highest BCUT2D eigenvalue weighted by atomic mass is 14.3. The zero-order valence-corrected chi connectivity index (χ0v) is 8.47. The molecule has 1 nitrogen and oxygen atoms in total. The molecule has 0 saturated carbocycles. The van der Waals surface area contributed by atoms with Crippen LogP contribution in [0.2, 0.25) is 0 Å². The van der Waals surface area contributed by atoms with Crippen molar-refractivity contribution in [2.75, 3.05) is 0 Å². The first kappa shape index (κ1) is 11.5. The van der Waals surface area contributed by atoms with Gasteiger partial charge in [-0.05, 0) is 12.8 Å². The van der Waals surface area contributed by atoms with E-state index in [4.69, 9.17) is 5.26 Å². The van der Waals surface area contributed by atoms with Gasteiger partial charge in [0, 0.05) is 5.92 Å². The summed E-state index contributed by atoms with van der Waals surface area (Å²) >= 11 is 0.